The van der Waals surface area contributed by atoms with E-state index in [1.807, 2.05) is 20.8 Å². The van der Waals surface area contributed by atoms with E-state index in [9.17, 15) is 4.79 Å². The molecule has 2 N–H and O–H groups in total. The third-order valence-corrected chi connectivity index (χ3v) is 2.70. The van der Waals surface area contributed by atoms with Crippen LogP contribution in [0.3, 0.4) is 0 Å². The molecule has 0 unspecified atom stereocenters. The van der Waals surface area contributed by atoms with E-state index in [-0.39, 0.29) is 24.5 Å². The highest BCUT2D eigenvalue weighted by Gasteiger charge is 2.17. The molecule has 0 aliphatic carbocycles. The van der Waals surface area contributed by atoms with Crippen LogP contribution in [0, 0.1) is 5.41 Å². The Morgan fingerprint density at radius 1 is 1.20 bits per heavy atom. The summed E-state index contributed by atoms with van der Waals surface area (Å²) < 4.78 is 10.7. The molecule has 0 aliphatic heterocycles. The van der Waals surface area contributed by atoms with Gasteiger partial charge in [0, 0.05) is 18.6 Å². The molecule has 5 nitrogen and oxygen atoms in total. The lowest BCUT2D eigenvalue weighted by Gasteiger charge is -2.21. The van der Waals surface area contributed by atoms with Crippen LogP contribution < -0.4 is 14.8 Å². The third kappa shape index (κ3) is 5.93. The second-order valence-corrected chi connectivity index (χ2v) is 5.29. The average molecular weight is 281 g/mol. The summed E-state index contributed by atoms with van der Waals surface area (Å²) in [5.74, 6) is 1.18. The summed E-state index contributed by atoms with van der Waals surface area (Å²) in [6, 6.07) is 7.11. The van der Waals surface area contributed by atoms with Gasteiger partial charge in [-0.25, -0.2) is 0 Å². The fourth-order valence-electron chi connectivity index (χ4n) is 1.39. The Balaban J connectivity index is 2.33. The Labute approximate surface area is 119 Å². The van der Waals surface area contributed by atoms with Gasteiger partial charge in [-0.2, -0.15) is 0 Å². The van der Waals surface area contributed by atoms with Gasteiger partial charge < -0.3 is 19.9 Å². The molecule has 1 aromatic rings. The van der Waals surface area contributed by atoms with Gasteiger partial charge in [0.1, 0.15) is 11.5 Å². The molecule has 1 amide bonds. The van der Waals surface area contributed by atoms with Gasteiger partial charge in [-0.3, -0.25) is 4.79 Å². The highest BCUT2D eigenvalue weighted by Crippen LogP contribution is 2.17. The van der Waals surface area contributed by atoms with Crippen molar-refractivity contribution in [3.8, 4) is 11.5 Å². The number of hydrogen-bond donors (Lipinski definition) is 2. The summed E-state index contributed by atoms with van der Waals surface area (Å²) in [5.41, 5.74) is -0.325. The van der Waals surface area contributed by atoms with E-state index >= 15 is 0 Å². The fourth-order valence-corrected chi connectivity index (χ4v) is 1.39. The summed E-state index contributed by atoms with van der Waals surface area (Å²) >= 11 is 0. The van der Waals surface area contributed by atoms with E-state index in [4.69, 9.17) is 14.6 Å². The summed E-state index contributed by atoms with van der Waals surface area (Å²) in [7, 11) is 0. The molecule has 0 saturated carbocycles. The molecule has 0 spiro atoms. The van der Waals surface area contributed by atoms with Crippen molar-refractivity contribution in [2.24, 2.45) is 5.41 Å². The maximum absolute atomic E-state index is 11.6. The molecule has 5 heteroatoms. The summed E-state index contributed by atoms with van der Waals surface area (Å²) in [4.78, 5) is 11.6. The molecule has 0 saturated heterocycles. The number of carbonyl (C=O) groups excluding carboxylic acids is 1. The van der Waals surface area contributed by atoms with E-state index in [2.05, 4.69) is 5.32 Å². The van der Waals surface area contributed by atoms with E-state index in [1.54, 1.807) is 24.3 Å². The second kappa shape index (κ2) is 7.75. The Hall–Kier alpha value is -1.75. The number of ether oxygens (including phenoxy) is 2. The van der Waals surface area contributed by atoms with Crippen LogP contribution in [-0.2, 0) is 4.79 Å². The second-order valence-electron chi connectivity index (χ2n) is 5.29. The molecular weight excluding hydrogens is 258 g/mol. The number of hydrogen-bond acceptors (Lipinski definition) is 4. The summed E-state index contributed by atoms with van der Waals surface area (Å²) in [5, 5.41) is 11.8. The summed E-state index contributed by atoms with van der Waals surface area (Å²) in [6.45, 7) is 6.67. The van der Waals surface area contributed by atoms with Crippen LogP contribution in [0.4, 0.5) is 0 Å². The maximum Gasteiger partial charge on any atom is 0.257 e. The lowest BCUT2D eigenvalue weighted by Crippen LogP contribution is -2.38. The molecule has 0 fully saturated rings. The zero-order valence-corrected chi connectivity index (χ0v) is 12.3. The minimum atomic E-state index is -0.325. The molecule has 0 radical (unpaired) electrons. The largest absolute Gasteiger partial charge is 0.494 e. The zero-order valence-electron chi connectivity index (χ0n) is 12.3. The maximum atomic E-state index is 11.6. The van der Waals surface area contributed by atoms with E-state index in [0.29, 0.717) is 18.9 Å². The monoisotopic (exact) mass is 281 g/mol. The molecule has 20 heavy (non-hydrogen) atoms. The van der Waals surface area contributed by atoms with E-state index < -0.39 is 0 Å². The van der Waals surface area contributed by atoms with Crippen molar-refractivity contribution in [2.45, 2.75) is 20.8 Å². The van der Waals surface area contributed by atoms with Crippen molar-refractivity contribution in [1.29, 1.82) is 0 Å². The molecule has 1 aromatic carbocycles. The van der Waals surface area contributed by atoms with Crippen LogP contribution in [0.2, 0.25) is 0 Å². The first-order valence-electron chi connectivity index (χ1n) is 6.70. The number of nitrogens with one attached hydrogen (secondary N) is 1. The van der Waals surface area contributed by atoms with Gasteiger partial charge in [0.05, 0.1) is 6.61 Å². The van der Waals surface area contributed by atoms with Gasteiger partial charge >= 0.3 is 0 Å². The van der Waals surface area contributed by atoms with Crippen molar-refractivity contribution < 1.29 is 19.4 Å². The average Bonchev–Trinajstić information content (AvgIpc) is 2.45. The van der Waals surface area contributed by atoms with Crippen LogP contribution >= 0.6 is 0 Å². The predicted molar refractivity (Wildman–Crippen MR) is 77.0 cm³/mol. The fraction of sp³-hybridized carbons (Fsp3) is 0.533. The normalized spacial score (nSPS) is 11.0. The first kappa shape index (κ1) is 16.3. The van der Waals surface area contributed by atoms with Crippen molar-refractivity contribution in [1.82, 2.24) is 5.32 Å². The van der Waals surface area contributed by atoms with Gasteiger partial charge in [-0.1, -0.05) is 13.8 Å². The van der Waals surface area contributed by atoms with Crippen LogP contribution in [-0.4, -0.2) is 37.4 Å². The number of benzene rings is 1. The van der Waals surface area contributed by atoms with Gasteiger partial charge in [-0.05, 0) is 31.2 Å². The first-order chi connectivity index (χ1) is 9.46. The molecule has 0 atom stereocenters. The van der Waals surface area contributed by atoms with Crippen LogP contribution in [0.25, 0.3) is 0 Å². The topological polar surface area (TPSA) is 67.8 Å². The standard InChI is InChI=1S/C15H23NO4/c1-4-19-12-5-7-13(8-6-12)20-9-14(18)16-10-15(2,3)11-17/h5-8,17H,4,9-11H2,1-3H3,(H,16,18). The van der Waals surface area contributed by atoms with Crippen LogP contribution in [0.15, 0.2) is 24.3 Å². The number of amides is 1. The highest BCUT2D eigenvalue weighted by atomic mass is 16.5. The molecule has 0 aliphatic rings. The zero-order chi connectivity index (χ0) is 15.0. The Bertz CT molecular complexity index is 414. The van der Waals surface area contributed by atoms with Gasteiger partial charge in [0.15, 0.2) is 6.61 Å². The number of aliphatic hydroxyl groups is 1. The van der Waals surface area contributed by atoms with Crippen molar-refractivity contribution in [3.05, 3.63) is 24.3 Å². The van der Waals surface area contributed by atoms with Crippen LogP contribution in [0.1, 0.15) is 20.8 Å². The lowest BCUT2D eigenvalue weighted by atomic mass is 9.95. The lowest BCUT2D eigenvalue weighted by molar-refractivity contribution is -0.123. The Kier molecular flexibility index (Phi) is 6.31. The third-order valence-electron chi connectivity index (χ3n) is 2.70. The van der Waals surface area contributed by atoms with Crippen molar-refractivity contribution in [3.63, 3.8) is 0 Å². The SMILES string of the molecule is CCOc1ccc(OCC(=O)NCC(C)(C)CO)cc1. The Morgan fingerprint density at radius 3 is 2.25 bits per heavy atom. The minimum Gasteiger partial charge on any atom is -0.494 e. The number of rotatable bonds is 8. The molecule has 0 aromatic heterocycles. The molecule has 112 valence electrons. The molecule has 1 rings (SSSR count). The summed E-state index contributed by atoms with van der Waals surface area (Å²) in [6.07, 6.45) is 0. The van der Waals surface area contributed by atoms with E-state index in [1.165, 1.54) is 0 Å². The highest BCUT2D eigenvalue weighted by molar-refractivity contribution is 5.77. The van der Waals surface area contributed by atoms with Crippen molar-refractivity contribution in [2.75, 3.05) is 26.4 Å². The molecule has 0 heterocycles. The smallest absolute Gasteiger partial charge is 0.257 e. The van der Waals surface area contributed by atoms with Gasteiger partial charge in [-0.15, -0.1) is 0 Å². The number of aliphatic hydroxyl groups excluding tert-OH is 1. The first-order valence-corrected chi connectivity index (χ1v) is 6.70. The van der Waals surface area contributed by atoms with Crippen molar-refractivity contribution >= 4 is 5.91 Å². The minimum absolute atomic E-state index is 0.0209. The van der Waals surface area contributed by atoms with E-state index in [0.717, 1.165) is 5.75 Å². The quantitative estimate of drug-likeness (QED) is 0.759. The number of carbonyl (C=O) groups is 1. The predicted octanol–water partition coefficient (Wildman–Crippen LogP) is 1.60. The van der Waals surface area contributed by atoms with Crippen LogP contribution in [0.5, 0.6) is 11.5 Å². The Morgan fingerprint density at radius 2 is 1.75 bits per heavy atom. The van der Waals surface area contributed by atoms with Gasteiger partial charge in [0.2, 0.25) is 0 Å². The molecule has 0 bridgehead atoms. The van der Waals surface area contributed by atoms with Gasteiger partial charge in [0.25, 0.3) is 5.91 Å². The molecular formula is C15H23NO4.